The van der Waals surface area contributed by atoms with Gasteiger partial charge in [0, 0.05) is 6.20 Å². The summed E-state index contributed by atoms with van der Waals surface area (Å²) in [6.45, 7) is 0. The fourth-order valence-corrected chi connectivity index (χ4v) is 1.30. The van der Waals surface area contributed by atoms with Crippen LogP contribution in [0.15, 0.2) is 20.1 Å². The molecule has 0 aliphatic rings. The van der Waals surface area contributed by atoms with E-state index in [0.29, 0.717) is 4.60 Å². The summed E-state index contributed by atoms with van der Waals surface area (Å²) in [5.41, 5.74) is -1.24. The average Bonchev–Trinajstić information content (AvgIpc) is 2.00. The summed E-state index contributed by atoms with van der Waals surface area (Å²) in [6.07, 6.45) is -1.76. The predicted molar refractivity (Wildman–Crippen MR) is 47.4 cm³/mol. The average molecular weight is 303 g/mol. The molecule has 0 aliphatic carbocycles. The molecule has 0 amide bonds. The summed E-state index contributed by atoms with van der Waals surface area (Å²) < 4.78 is 24.6. The van der Waals surface area contributed by atoms with E-state index >= 15 is 0 Å². The molecule has 0 unspecified atom stereocenters. The van der Waals surface area contributed by atoms with Crippen LogP contribution in [0.1, 0.15) is 12.0 Å². The number of H-pyrrole nitrogens is 1. The number of aromatic amines is 1. The summed E-state index contributed by atoms with van der Waals surface area (Å²) in [7, 11) is 0. The summed E-state index contributed by atoms with van der Waals surface area (Å²) in [6, 6.07) is 0. The van der Waals surface area contributed by atoms with Gasteiger partial charge in [0.25, 0.3) is 6.43 Å². The van der Waals surface area contributed by atoms with Crippen molar-refractivity contribution < 1.29 is 8.78 Å². The molecule has 0 spiro atoms. The first-order valence-corrected chi connectivity index (χ1v) is 4.47. The van der Waals surface area contributed by atoms with Crippen molar-refractivity contribution in [2.45, 2.75) is 6.43 Å². The van der Waals surface area contributed by atoms with Crippen molar-refractivity contribution in [3.05, 3.63) is 31.1 Å². The molecule has 0 fully saturated rings. The van der Waals surface area contributed by atoms with Crippen molar-refractivity contribution >= 4 is 31.9 Å². The molecule has 0 bridgehead atoms. The Kier molecular flexibility index (Phi) is 3.00. The van der Waals surface area contributed by atoms with E-state index in [1.807, 2.05) is 0 Å². The SMILES string of the molecule is O=c1c(C(F)F)c[nH]c(Br)c1Br. The lowest BCUT2D eigenvalue weighted by molar-refractivity contribution is 0.149. The maximum atomic E-state index is 12.1. The van der Waals surface area contributed by atoms with Gasteiger partial charge < -0.3 is 4.98 Å². The van der Waals surface area contributed by atoms with Crippen LogP contribution in [0.5, 0.6) is 0 Å². The van der Waals surface area contributed by atoms with Gasteiger partial charge in [-0.1, -0.05) is 0 Å². The van der Waals surface area contributed by atoms with Gasteiger partial charge in [0.1, 0.15) is 4.60 Å². The minimum absolute atomic E-state index is 0.0836. The Morgan fingerprint density at radius 2 is 2.00 bits per heavy atom. The van der Waals surface area contributed by atoms with E-state index in [-0.39, 0.29) is 4.47 Å². The van der Waals surface area contributed by atoms with Gasteiger partial charge in [0.05, 0.1) is 10.0 Å². The number of halogens is 4. The van der Waals surface area contributed by atoms with E-state index in [0.717, 1.165) is 6.20 Å². The summed E-state index contributed by atoms with van der Waals surface area (Å²) in [5, 5.41) is 0. The fourth-order valence-electron chi connectivity index (χ4n) is 0.659. The van der Waals surface area contributed by atoms with Crippen LogP contribution >= 0.6 is 31.9 Å². The lowest BCUT2D eigenvalue weighted by Crippen LogP contribution is -2.11. The van der Waals surface area contributed by atoms with Crippen molar-refractivity contribution in [3.63, 3.8) is 0 Å². The van der Waals surface area contributed by atoms with Crippen LogP contribution in [-0.2, 0) is 0 Å². The van der Waals surface area contributed by atoms with E-state index in [1.165, 1.54) is 0 Å². The van der Waals surface area contributed by atoms with Crippen LogP contribution in [0.4, 0.5) is 8.78 Å². The Labute approximate surface area is 83.2 Å². The monoisotopic (exact) mass is 301 g/mol. The molecule has 0 aromatic carbocycles. The maximum absolute atomic E-state index is 12.1. The van der Waals surface area contributed by atoms with Crippen molar-refractivity contribution in [2.75, 3.05) is 0 Å². The van der Waals surface area contributed by atoms with E-state index in [9.17, 15) is 13.6 Å². The van der Waals surface area contributed by atoms with Crippen molar-refractivity contribution in [2.24, 2.45) is 0 Å². The van der Waals surface area contributed by atoms with Gasteiger partial charge in [-0.05, 0) is 31.9 Å². The third-order valence-corrected chi connectivity index (χ3v) is 3.16. The summed E-state index contributed by atoms with van der Waals surface area (Å²) in [5.74, 6) is 0. The minimum atomic E-state index is -2.75. The number of hydrogen-bond donors (Lipinski definition) is 1. The largest absolute Gasteiger partial charge is 0.354 e. The van der Waals surface area contributed by atoms with Crippen LogP contribution < -0.4 is 5.43 Å². The van der Waals surface area contributed by atoms with E-state index in [2.05, 4.69) is 36.8 Å². The zero-order valence-corrected chi connectivity index (χ0v) is 8.75. The fraction of sp³-hybridized carbons (Fsp3) is 0.167. The van der Waals surface area contributed by atoms with E-state index in [4.69, 9.17) is 0 Å². The van der Waals surface area contributed by atoms with Crippen LogP contribution in [0.2, 0.25) is 0 Å². The molecule has 1 heterocycles. The molecule has 0 radical (unpaired) electrons. The normalized spacial score (nSPS) is 10.8. The number of rotatable bonds is 1. The second-order valence-corrected chi connectivity index (χ2v) is 3.59. The van der Waals surface area contributed by atoms with Crippen molar-refractivity contribution in [1.29, 1.82) is 0 Å². The molecule has 1 rings (SSSR count). The highest BCUT2D eigenvalue weighted by Crippen LogP contribution is 2.20. The van der Waals surface area contributed by atoms with Gasteiger partial charge in [-0.2, -0.15) is 0 Å². The molecule has 0 atom stereocenters. The second kappa shape index (κ2) is 3.66. The van der Waals surface area contributed by atoms with Crippen molar-refractivity contribution in [1.82, 2.24) is 4.98 Å². The Balaban J connectivity index is 3.37. The molecule has 1 aromatic heterocycles. The summed E-state index contributed by atoms with van der Waals surface area (Å²) >= 11 is 5.86. The first kappa shape index (κ1) is 9.85. The molecular weight excluding hydrogens is 300 g/mol. The molecule has 0 saturated carbocycles. The Morgan fingerprint density at radius 3 is 2.50 bits per heavy atom. The van der Waals surface area contributed by atoms with Crippen LogP contribution in [0.25, 0.3) is 0 Å². The Morgan fingerprint density at radius 1 is 1.42 bits per heavy atom. The molecule has 66 valence electrons. The lowest BCUT2D eigenvalue weighted by Gasteiger charge is -2.00. The number of alkyl halides is 2. The molecule has 6 heteroatoms. The van der Waals surface area contributed by atoms with Gasteiger partial charge in [-0.3, -0.25) is 4.79 Å². The lowest BCUT2D eigenvalue weighted by atomic mass is 10.3. The first-order chi connectivity index (χ1) is 5.54. The van der Waals surface area contributed by atoms with Gasteiger partial charge in [0.15, 0.2) is 0 Å². The summed E-state index contributed by atoms with van der Waals surface area (Å²) in [4.78, 5) is 13.5. The molecule has 1 N–H and O–H groups in total. The standard InChI is InChI=1S/C6H3Br2F2NO/c7-3-4(12)2(6(9)10)1-11-5(3)8/h1,6H,(H,11,12). The topological polar surface area (TPSA) is 32.9 Å². The number of hydrogen-bond acceptors (Lipinski definition) is 1. The van der Waals surface area contributed by atoms with Gasteiger partial charge in [-0.25, -0.2) is 8.78 Å². The molecule has 12 heavy (non-hydrogen) atoms. The van der Waals surface area contributed by atoms with E-state index in [1.54, 1.807) is 0 Å². The third kappa shape index (κ3) is 1.74. The molecule has 2 nitrogen and oxygen atoms in total. The van der Waals surface area contributed by atoms with Gasteiger partial charge >= 0.3 is 0 Å². The van der Waals surface area contributed by atoms with Gasteiger partial charge in [0.2, 0.25) is 5.43 Å². The highest BCUT2D eigenvalue weighted by Gasteiger charge is 2.14. The maximum Gasteiger partial charge on any atom is 0.269 e. The number of nitrogens with one attached hydrogen (secondary N) is 1. The smallest absolute Gasteiger partial charge is 0.269 e. The quantitative estimate of drug-likeness (QED) is 0.795. The van der Waals surface area contributed by atoms with Crippen LogP contribution in [-0.4, -0.2) is 4.98 Å². The minimum Gasteiger partial charge on any atom is -0.354 e. The van der Waals surface area contributed by atoms with E-state index < -0.39 is 17.4 Å². The van der Waals surface area contributed by atoms with Crippen LogP contribution in [0.3, 0.4) is 0 Å². The number of pyridine rings is 1. The van der Waals surface area contributed by atoms with Crippen LogP contribution in [0, 0.1) is 0 Å². The molecule has 0 aliphatic heterocycles. The highest BCUT2D eigenvalue weighted by atomic mass is 79.9. The number of aromatic nitrogens is 1. The van der Waals surface area contributed by atoms with Crippen molar-refractivity contribution in [3.8, 4) is 0 Å². The highest BCUT2D eigenvalue weighted by molar-refractivity contribution is 9.13. The Hall–Kier alpha value is -0.230. The van der Waals surface area contributed by atoms with Gasteiger partial charge in [-0.15, -0.1) is 0 Å². The zero-order chi connectivity index (χ0) is 9.30. The Bertz CT molecular complexity index is 350. The second-order valence-electron chi connectivity index (χ2n) is 2.00. The molecule has 0 saturated heterocycles. The molecule has 1 aromatic rings. The predicted octanol–water partition coefficient (Wildman–Crippen LogP) is 2.84. The first-order valence-electron chi connectivity index (χ1n) is 2.88. The molecular formula is C6H3Br2F2NO. The third-order valence-electron chi connectivity index (χ3n) is 1.24. The zero-order valence-electron chi connectivity index (χ0n) is 5.57.